The van der Waals surface area contributed by atoms with Crippen molar-refractivity contribution >= 4 is 5.97 Å². The molecule has 0 fully saturated rings. The molecule has 0 aromatic carbocycles. The summed E-state index contributed by atoms with van der Waals surface area (Å²) in [6.45, 7) is 9.10. The molecule has 1 N–H and O–H groups in total. The average Bonchev–Trinajstić information content (AvgIpc) is 2.86. The van der Waals surface area contributed by atoms with E-state index in [1.54, 1.807) is 0 Å². The van der Waals surface area contributed by atoms with Crippen molar-refractivity contribution in [2.45, 2.75) is 65.6 Å². The van der Waals surface area contributed by atoms with Crippen LogP contribution in [0.3, 0.4) is 0 Å². The van der Waals surface area contributed by atoms with E-state index >= 15 is 0 Å². The van der Waals surface area contributed by atoms with Gasteiger partial charge in [-0.15, -0.1) is 0 Å². The third-order valence-corrected chi connectivity index (χ3v) is 3.90. The van der Waals surface area contributed by atoms with Gasteiger partial charge in [-0.2, -0.15) is 5.10 Å². The summed E-state index contributed by atoms with van der Waals surface area (Å²) in [5.41, 5.74) is 0.943. The maximum Gasteiger partial charge on any atom is 0.317 e. The van der Waals surface area contributed by atoms with Crippen LogP contribution in [0, 0.1) is 0 Å². The van der Waals surface area contributed by atoms with Crippen LogP contribution >= 0.6 is 0 Å². The van der Waals surface area contributed by atoms with Crippen molar-refractivity contribution in [1.82, 2.24) is 14.7 Å². The molecule has 1 aromatic rings. The highest BCUT2D eigenvalue weighted by Gasteiger charge is 2.17. The van der Waals surface area contributed by atoms with E-state index in [2.05, 4.69) is 32.8 Å². The lowest BCUT2D eigenvalue weighted by Gasteiger charge is -2.25. The van der Waals surface area contributed by atoms with Crippen LogP contribution < -0.4 is 0 Å². The van der Waals surface area contributed by atoms with Crippen LogP contribution in [0.25, 0.3) is 0 Å². The predicted molar refractivity (Wildman–Crippen MR) is 79.6 cm³/mol. The lowest BCUT2D eigenvalue weighted by atomic mass is 10.2. The Morgan fingerprint density at radius 3 is 2.50 bits per heavy atom. The summed E-state index contributed by atoms with van der Waals surface area (Å²) in [5, 5.41) is 13.6. The van der Waals surface area contributed by atoms with Crippen molar-refractivity contribution in [3.63, 3.8) is 0 Å². The molecule has 0 amide bonds. The zero-order valence-electron chi connectivity index (χ0n) is 13.0. The topological polar surface area (TPSA) is 58.4 Å². The number of rotatable bonds is 9. The first-order chi connectivity index (χ1) is 9.51. The Kier molecular flexibility index (Phi) is 6.71. The molecule has 20 heavy (non-hydrogen) atoms. The van der Waals surface area contributed by atoms with Crippen molar-refractivity contribution < 1.29 is 9.90 Å². The van der Waals surface area contributed by atoms with E-state index in [0.717, 1.165) is 25.0 Å². The molecule has 1 unspecified atom stereocenters. The van der Waals surface area contributed by atoms with Crippen LogP contribution in [-0.4, -0.2) is 38.3 Å². The smallest absolute Gasteiger partial charge is 0.317 e. The molecule has 0 aliphatic rings. The number of carboxylic acids is 1. The number of hydrogen-bond donors (Lipinski definition) is 1. The second-order valence-corrected chi connectivity index (χ2v) is 5.31. The van der Waals surface area contributed by atoms with Crippen molar-refractivity contribution in [1.29, 1.82) is 0 Å². The Bertz CT molecular complexity index is 413. The van der Waals surface area contributed by atoms with Gasteiger partial charge in [-0.3, -0.25) is 14.4 Å². The molecule has 5 nitrogen and oxygen atoms in total. The molecule has 0 saturated heterocycles. The molecule has 1 aromatic heterocycles. The second kappa shape index (κ2) is 8.04. The summed E-state index contributed by atoms with van der Waals surface area (Å²) < 4.78 is 2.00. The van der Waals surface area contributed by atoms with Gasteiger partial charge in [0.05, 0.1) is 18.3 Å². The van der Waals surface area contributed by atoms with Crippen LogP contribution in [0.4, 0.5) is 0 Å². The van der Waals surface area contributed by atoms with Gasteiger partial charge in [0.25, 0.3) is 0 Å². The van der Waals surface area contributed by atoms with Crippen molar-refractivity contribution in [2.24, 2.45) is 0 Å². The molecule has 1 rings (SSSR count). The van der Waals surface area contributed by atoms with Crippen LogP contribution in [0.1, 0.15) is 58.7 Å². The number of hydrogen-bond acceptors (Lipinski definition) is 3. The fourth-order valence-corrected chi connectivity index (χ4v) is 2.34. The van der Waals surface area contributed by atoms with Crippen LogP contribution in [0.2, 0.25) is 0 Å². The Labute approximate surface area is 121 Å². The van der Waals surface area contributed by atoms with E-state index in [4.69, 9.17) is 5.11 Å². The summed E-state index contributed by atoms with van der Waals surface area (Å²) in [6.07, 6.45) is 5.05. The van der Waals surface area contributed by atoms with Gasteiger partial charge in [0.1, 0.15) is 0 Å². The molecule has 0 radical (unpaired) electrons. The van der Waals surface area contributed by atoms with Gasteiger partial charge in [0, 0.05) is 18.8 Å². The van der Waals surface area contributed by atoms with Crippen molar-refractivity contribution in [2.75, 3.05) is 6.54 Å². The first-order valence-electron chi connectivity index (χ1n) is 7.51. The third-order valence-electron chi connectivity index (χ3n) is 3.90. The summed E-state index contributed by atoms with van der Waals surface area (Å²) in [5.74, 6) is -0.787. The number of nitrogens with zero attached hydrogens (tertiary/aromatic N) is 3. The fourth-order valence-electron chi connectivity index (χ4n) is 2.34. The molecule has 1 atom stereocenters. The molecular formula is C15H27N3O2. The summed E-state index contributed by atoms with van der Waals surface area (Å²) in [7, 11) is 0. The first-order valence-corrected chi connectivity index (χ1v) is 7.51. The number of carbonyl (C=O) groups is 1. The first kappa shape index (κ1) is 16.7. The SMILES string of the molecule is CCC(C)N(CC(=O)O)Cc1ccn(C(CC)CC)n1. The number of aromatic nitrogens is 2. The third kappa shape index (κ3) is 4.63. The lowest BCUT2D eigenvalue weighted by Crippen LogP contribution is -2.36. The van der Waals surface area contributed by atoms with E-state index in [0.29, 0.717) is 12.6 Å². The van der Waals surface area contributed by atoms with E-state index < -0.39 is 5.97 Å². The summed E-state index contributed by atoms with van der Waals surface area (Å²) in [6, 6.07) is 2.67. The van der Waals surface area contributed by atoms with Crippen LogP contribution in [0.5, 0.6) is 0 Å². The molecule has 1 heterocycles. The summed E-state index contributed by atoms with van der Waals surface area (Å²) >= 11 is 0. The largest absolute Gasteiger partial charge is 0.480 e. The van der Waals surface area contributed by atoms with E-state index in [-0.39, 0.29) is 12.6 Å². The van der Waals surface area contributed by atoms with E-state index in [9.17, 15) is 4.79 Å². The molecule has 0 saturated carbocycles. The number of aliphatic carboxylic acids is 1. The molecule has 0 spiro atoms. The fraction of sp³-hybridized carbons (Fsp3) is 0.733. The highest BCUT2D eigenvalue weighted by atomic mass is 16.4. The Hall–Kier alpha value is -1.36. The van der Waals surface area contributed by atoms with Gasteiger partial charge in [-0.05, 0) is 32.3 Å². The van der Waals surface area contributed by atoms with Crippen LogP contribution in [0.15, 0.2) is 12.3 Å². The molecule has 0 aliphatic heterocycles. The molecule has 0 aliphatic carbocycles. The maximum absolute atomic E-state index is 11.0. The lowest BCUT2D eigenvalue weighted by molar-refractivity contribution is -0.139. The van der Waals surface area contributed by atoms with Gasteiger partial charge in [0.15, 0.2) is 0 Å². The van der Waals surface area contributed by atoms with E-state index in [1.807, 2.05) is 21.8 Å². The molecule has 0 bridgehead atoms. The van der Waals surface area contributed by atoms with Gasteiger partial charge in [0.2, 0.25) is 0 Å². The average molecular weight is 281 g/mol. The van der Waals surface area contributed by atoms with Gasteiger partial charge in [-0.25, -0.2) is 0 Å². The van der Waals surface area contributed by atoms with Gasteiger partial charge >= 0.3 is 5.97 Å². The normalized spacial score (nSPS) is 13.1. The minimum Gasteiger partial charge on any atom is -0.480 e. The second-order valence-electron chi connectivity index (χ2n) is 5.31. The predicted octanol–water partition coefficient (Wildman–Crippen LogP) is 2.93. The zero-order valence-corrected chi connectivity index (χ0v) is 13.0. The molecule has 5 heteroatoms. The van der Waals surface area contributed by atoms with Gasteiger partial charge in [-0.1, -0.05) is 20.8 Å². The maximum atomic E-state index is 11.0. The highest BCUT2D eigenvalue weighted by molar-refractivity contribution is 5.69. The zero-order chi connectivity index (χ0) is 15.1. The Morgan fingerprint density at radius 2 is 2.00 bits per heavy atom. The summed E-state index contributed by atoms with van der Waals surface area (Å²) in [4.78, 5) is 12.9. The Balaban J connectivity index is 2.76. The van der Waals surface area contributed by atoms with E-state index in [1.165, 1.54) is 0 Å². The minimum absolute atomic E-state index is 0.0624. The molecular weight excluding hydrogens is 254 g/mol. The Morgan fingerprint density at radius 1 is 1.35 bits per heavy atom. The molecule has 114 valence electrons. The number of carboxylic acid groups (broad SMARTS) is 1. The van der Waals surface area contributed by atoms with Crippen LogP contribution in [-0.2, 0) is 11.3 Å². The monoisotopic (exact) mass is 281 g/mol. The quantitative estimate of drug-likeness (QED) is 0.756. The van der Waals surface area contributed by atoms with Crippen molar-refractivity contribution in [3.8, 4) is 0 Å². The standard InChI is InChI=1S/C15H27N3O2/c1-5-12(4)17(11-15(19)20)10-13-8-9-18(16-13)14(6-2)7-3/h8-9,12,14H,5-7,10-11H2,1-4H3,(H,19,20). The highest BCUT2D eigenvalue weighted by Crippen LogP contribution is 2.16. The van der Waals surface area contributed by atoms with Gasteiger partial charge < -0.3 is 5.11 Å². The minimum atomic E-state index is -0.787. The van der Waals surface area contributed by atoms with Crippen molar-refractivity contribution in [3.05, 3.63) is 18.0 Å².